The van der Waals surface area contributed by atoms with E-state index in [1.807, 2.05) is 0 Å². The van der Waals surface area contributed by atoms with Gasteiger partial charge in [-0.05, 0) is 57.5 Å². The Bertz CT molecular complexity index is 1720. The number of carbonyl (C=O) groups is 1. The molecule has 2 aromatic carbocycles. The minimum atomic E-state index is -5.30. The largest absolute Gasteiger partial charge is 0.493 e. The molecule has 228 valence electrons. The molecule has 4 aromatic rings. The topological polar surface area (TPSA) is 141 Å². The molecule has 43 heavy (non-hydrogen) atoms. The van der Waals surface area contributed by atoms with E-state index in [-0.39, 0.29) is 35.2 Å². The van der Waals surface area contributed by atoms with Crippen LogP contribution in [0.2, 0.25) is 0 Å². The first-order valence-corrected chi connectivity index (χ1v) is 13.5. The van der Waals surface area contributed by atoms with Crippen molar-refractivity contribution in [1.82, 2.24) is 24.8 Å². The van der Waals surface area contributed by atoms with Crippen LogP contribution in [-0.4, -0.2) is 77.4 Å². The maximum absolute atomic E-state index is 13.2. The Morgan fingerprint density at radius 1 is 1.02 bits per heavy atom. The molecule has 0 amide bonds. The summed E-state index contributed by atoms with van der Waals surface area (Å²) in [5.41, 5.74) is 0.182. The van der Waals surface area contributed by atoms with Crippen LogP contribution in [-0.2, 0) is 4.79 Å². The van der Waals surface area contributed by atoms with Gasteiger partial charge in [-0.3, -0.25) is 15.1 Å². The molecule has 2 N–H and O–H groups in total. The van der Waals surface area contributed by atoms with Crippen molar-refractivity contribution in [3.05, 3.63) is 40.3 Å². The van der Waals surface area contributed by atoms with Crippen LogP contribution in [0.5, 0.6) is 23.0 Å². The number of aryl methyl sites for hydroxylation is 1. The highest BCUT2D eigenvalue weighted by Crippen LogP contribution is 2.36. The van der Waals surface area contributed by atoms with Crippen molar-refractivity contribution in [2.75, 3.05) is 45.8 Å². The molecule has 0 atom stereocenters. The number of rotatable bonds is 10. The summed E-state index contributed by atoms with van der Waals surface area (Å²) in [4.78, 5) is 42.8. The number of hydrogen-bond donors (Lipinski definition) is 2. The molecule has 15 heteroatoms. The number of nitrogens with zero attached hydrogens (tertiary/aromatic N) is 4. The molecule has 3 heterocycles. The van der Waals surface area contributed by atoms with E-state index in [2.05, 4.69) is 34.9 Å². The molecule has 0 unspecified atom stereocenters. The lowest BCUT2D eigenvalue weighted by atomic mass is 10.1. The van der Waals surface area contributed by atoms with Gasteiger partial charge in [0.25, 0.3) is 5.56 Å². The summed E-state index contributed by atoms with van der Waals surface area (Å²) in [6, 6.07) is 6.10. The number of halogens is 3. The molecule has 0 radical (unpaired) electrons. The molecule has 0 aliphatic carbocycles. The summed E-state index contributed by atoms with van der Waals surface area (Å²) in [6.45, 7) is 4.60. The molecule has 1 aliphatic heterocycles. The van der Waals surface area contributed by atoms with Crippen molar-refractivity contribution < 1.29 is 36.9 Å². The van der Waals surface area contributed by atoms with Gasteiger partial charge in [0.2, 0.25) is 11.9 Å². The minimum Gasteiger partial charge on any atom is -0.493 e. The highest BCUT2D eigenvalue weighted by molar-refractivity contribution is 5.91. The smallest absolute Gasteiger partial charge is 0.491 e. The fourth-order valence-electron chi connectivity index (χ4n) is 4.86. The van der Waals surface area contributed by atoms with Crippen LogP contribution in [0.3, 0.4) is 0 Å². The third-order valence-electron chi connectivity index (χ3n) is 6.91. The molecule has 12 nitrogen and oxygen atoms in total. The quantitative estimate of drug-likeness (QED) is 0.153. The number of anilines is 2. The molecule has 0 saturated carbocycles. The molecular formula is C28H29F3N6O6. The SMILES string of the molecule is COc1cc2nc(Nc3nc4ccc(OCCCN5CCCC5)c(OC(=O)C(F)(F)F)c4c(=O)[nH]3)nc(C)c2cc1OC. The van der Waals surface area contributed by atoms with Crippen LogP contribution in [0, 0.1) is 6.92 Å². The number of fused-ring (bicyclic) bond motifs is 2. The zero-order chi connectivity index (χ0) is 30.7. The third-order valence-corrected chi connectivity index (χ3v) is 6.91. The molecule has 1 fully saturated rings. The van der Waals surface area contributed by atoms with Crippen LogP contribution in [0.25, 0.3) is 21.8 Å². The Kier molecular flexibility index (Phi) is 8.52. The molecule has 1 saturated heterocycles. The number of benzene rings is 2. The average molecular weight is 603 g/mol. The zero-order valence-corrected chi connectivity index (χ0v) is 23.6. The summed E-state index contributed by atoms with van der Waals surface area (Å²) >= 11 is 0. The number of carbonyl (C=O) groups excluding carboxylic acids is 1. The Balaban J connectivity index is 1.46. The average Bonchev–Trinajstić information content (AvgIpc) is 3.48. The van der Waals surface area contributed by atoms with E-state index in [0.717, 1.165) is 32.5 Å². The number of hydrogen-bond acceptors (Lipinski definition) is 11. The van der Waals surface area contributed by atoms with Gasteiger partial charge < -0.3 is 23.8 Å². The van der Waals surface area contributed by atoms with E-state index in [1.165, 1.54) is 26.4 Å². The van der Waals surface area contributed by atoms with Crippen molar-refractivity contribution in [3.63, 3.8) is 0 Å². The van der Waals surface area contributed by atoms with Crippen LogP contribution in [0.4, 0.5) is 25.1 Å². The Morgan fingerprint density at radius 2 is 1.74 bits per heavy atom. The summed E-state index contributed by atoms with van der Waals surface area (Å²) in [5, 5.41) is 3.14. The second-order valence-corrected chi connectivity index (χ2v) is 9.82. The van der Waals surface area contributed by atoms with Crippen molar-refractivity contribution in [2.24, 2.45) is 0 Å². The van der Waals surface area contributed by atoms with E-state index < -0.39 is 23.5 Å². The van der Waals surface area contributed by atoms with Gasteiger partial charge in [-0.15, -0.1) is 0 Å². The molecule has 5 rings (SSSR count). The Morgan fingerprint density at radius 3 is 2.44 bits per heavy atom. The normalized spacial score (nSPS) is 13.8. The van der Waals surface area contributed by atoms with Crippen LogP contribution >= 0.6 is 0 Å². The molecular weight excluding hydrogens is 573 g/mol. The highest BCUT2D eigenvalue weighted by Gasteiger charge is 2.42. The van der Waals surface area contributed by atoms with E-state index >= 15 is 0 Å². The zero-order valence-electron chi connectivity index (χ0n) is 23.6. The van der Waals surface area contributed by atoms with E-state index in [1.54, 1.807) is 19.1 Å². The predicted octanol–water partition coefficient (Wildman–Crippen LogP) is 4.27. The first-order valence-electron chi connectivity index (χ1n) is 13.5. The number of nitrogens with one attached hydrogen (secondary N) is 2. The first kappa shape index (κ1) is 29.8. The molecule has 0 bridgehead atoms. The van der Waals surface area contributed by atoms with Gasteiger partial charge in [-0.2, -0.15) is 13.2 Å². The van der Waals surface area contributed by atoms with Crippen molar-refractivity contribution in [3.8, 4) is 23.0 Å². The highest BCUT2D eigenvalue weighted by atomic mass is 19.4. The third kappa shape index (κ3) is 6.56. The van der Waals surface area contributed by atoms with Crippen LogP contribution in [0.15, 0.2) is 29.1 Å². The second-order valence-electron chi connectivity index (χ2n) is 9.82. The lowest BCUT2D eigenvalue weighted by Crippen LogP contribution is -2.29. The number of esters is 1. The fourth-order valence-corrected chi connectivity index (χ4v) is 4.86. The van der Waals surface area contributed by atoms with Crippen molar-refractivity contribution in [1.29, 1.82) is 0 Å². The monoisotopic (exact) mass is 602 g/mol. The lowest BCUT2D eigenvalue weighted by Gasteiger charge is -2.17. The number of aromatic nitrogens is 4. The molecule has 2 aromatic heterocycles. The van der Waals surface area contributed by atoms with Gasteiger partial charge in [-0.25, -0.2) is 19.7 Å². The molecule has 0 spiro atoms. The maximum atomic E-state index is 13.2. The number of methoxy groups -OCH3 is 2. The Labute approximate surface area is 243 Å². The van der Waals surface area contributed by atoms with Gasteiger partial charge in [0, 0.05) is 18.0 Å². The van der Waals surface area contributed by atoms with Gasteiger partial charge in [0.1, 0.15) is 5.39 Å². The summed E-state index contributed by atoms with van der Waals surface area (Å²) < 4.78 is 60.4. The summed E-state index contributed by atoms with van der Waals surface area (Å²) in [6.07, 6.45) is -2.47. The second kappa shape index (κ2) is 12.3. The fraction of sp³-hybridized carbons (Fsp3) is 0.393. The van der Waals surface area contributed by atoms with Crippen molar-refractivity contribution >= 4 is 39.7 Å². The summed E-state index contributed by atoms with van der Waals surface area (Å²) in [7, 11) is 3.00. The number of aromatic amines is 1. The standard InChI is InChI=1S/C28H29F3N6O6/c1-15-16-13-20(40-2)21(41-3)14-18(16)34-26(32-15)36-27-33-17-7-8-19(42-12-6-11-37-9-4-5-10-37)23(22(17)24(38)35-27)43-25(39)28(29,30)31/h7-8,13-14H,4-6,9-12H2,1-3H3,(H2,32,33,34,35,36,38). The number of alkyl halides is 3. The number of likely N-dealkylation sites (tertiary alicyclic amines) is 1. The van der Waals surface area contributed by atoms with Gasteiger partial charge in [-0.1, -0.05) is 0 Å². The minimum absolute atomic E-state index is 0.0513. The first-order chi connectivity index (χ1) is 20.6. The van der Waals surface area contributed by atoms with Gasteiger partial charge in [0.05, 0.1) is 37.6 Å². The Hall–Kier alpha value is -4.66. The maximum Gasteiger partial charge on any atom is 0.491 e. The van der Waals surface area contributed by atoms with E-state index in [0.29, 0.717) is 34.5 Å². The number of ether oxygens (including phenoxy) is 4. The van der Waals surface area contributed by atoms with Gasteiger partial charge >= 0.3 is 12.1 Å². The van der Waals surface area contributed by atoms with Crippen LogP contribution in [0.1, 0.15) is 25.0 Å². The predicted molar refractivity (Wildman–Crippen MR) is 151 cm³/mol. The van der Waals surface area contributed by atoms with E-state index in [9.17, 15) is 22.8 Å². The number of H-pyrrole nitrogens is 1. The van der Waals surface area contributed by atoms with Gasteiger partial charge in [0.15, 0.2) is 23.0 Å². The summed E-state index contributed by atoms with van der Waals surface area (Å²) in [5.74, 6) is -2.40. The van der Waals surface area contributed by atoms with Crippen molar-refractivity contribution in [2.45, 2.75) is 32.4 Å². The molecule has 1 aliphatic rings. The lowest BCUT2D eigenvalue weighted by molar-refractivity contribution is -0.189. The van der Waals surface area contributed by atoms with Crippen LogP contribution < -0.4 is 29.8 Å². The van der Waals surface area contributed by atoms with E-state index in [4.69, 9.17) is 14.2 Å².